The third-order valence-electron chi connectivity index (χ3n) is 3.59. The molecule has 0 saturated carbocycles. The Morgan fingerprint density at radius 3 is 2.61 bits per heavy atom. The Labute approximate surface area is 161 Å². The van der Waals surface area contributed by atoms with Crippen LogP contribution in [0, 0.1) is 25.7 Å². The van der Waals surface area contributed by atoms with Crippen molar-refractivity contribution >= 4 is 17.0 Å². The van der Waals surface area contributed by atoms with Gasteiger partial charge in [-0.25, -0.2) is 15.0 Å². The van der Waals surface area contributed by atoms with E-state index in [2.05, 4.69) is 41.5 Å². The van der Waals surface area contributed by atoms with Crippen LogP contribution in [0.2, 0.25) is 0 Å². The minimum Gasteiger partial charge on any atom is -0.381 e. The molecule has 28 heavy (non-hydrogen) atoms. The van der Waals surface area contributed by atoms with Gasteiger partial charge in [-0.3, -0.25) is 4.57 Å². The fraction of sp³-hybridized carbons (Fsp3) is 0.211. The number of nitrogens with two attached hydrogens (primary N) is 1. The molecule has 0 radical (unpaired) electrons. The fourth-order valence-electron chi connectivity index (χ4n) is 2.40. The molecule has 0 aliphatic rings. The summed E-state index contributed by atoms with van der Waals surface area (Å²) < 4.78 is 6.38. The van der Waals surface area contributed by atoms with Crippen molar-refractivity contribution in [1.82, 2.24) is 29.7 Å². The zero-order valence-electron chi connectivity index (χ0n) is 15.7. The molecule has 9 nitrogen and oxygen atoms in total. The smallest absolute Gasteiger partial charge is 0.240 e. The van der Waals surface area contributed by atoms with E-state index in [0.29, 0.717) is 5.95 Å². The third-order valence-corrected chi connectivity index (χ3v) is 3.59. The van der Waals surface area contributed by atoms with Crippen molar-refractivity contribution in [3.63, 3.8) is 0 Å². The van der Waals surface area contributed by atoms with Gasteiger partial charge in [-0.2, -0.15) is 4.98 Å². The Bertz CT molecular complexity index is 1140. The Morgan fingerprint density at radius 2 is 2.00 bits per heavy atom. The Balaban J connectivity index is 0.000000320. The number of aryl methyl sites for hydroxylation is 2. The summed E-state index contributed by atoms with van der Waals surface area (Å²) >= 11 is 0. The number of hydrogen-bond acceptors (Lipinski definition) is 8. The molecule has 0 aliphatic carbocycles. The molecule has 3 heterocycles. The molecular formula is C19H19N7O2. The van der Waals surface area contributed by atoms with Crippen LogP contribution in [0.15, 0.2) is 41.3 Å². The van der Waals surface area contributed by atoms with E-state index in [1.165, 1.54) is 6.33 Å². The molecule has 4 rings (SSSR count). The number of rotatable bonds is 1. The lowest BCUT2D eigenvalue weighted by Gasteiger charge is -2.04. The molecule has 142 valence electrons. The van der Waals surface area contributed by atoms with Gasteiger partial charge in [-0.15, -0.1) is 0 Å². The van der Waals surface area contributed by atoms with E-state index >= 15 is 0 Å². The van der Waals surface area contributed by atoms with Crippen molar-refractivity contribution in [1.29, 1.82) is 0 Å². The van der Waals surface area contributed by atoms with Crippen LogP contribution in [0.5, 0.6) is 0 Å². The third kappa shape index (κ3) is 4.49. The van der Waals surface area contributed by atoms with Gasteiger partial charge in [0.15, 0.2) is 0 Å². The van der Waals surface area contributed by atoms with Crippen LogP contribution >= 0.6 is 0 Å². The van der Waals surface area contributed by atoms with Gasteiger partial charge in [-0.1, -0.05) is 17.0 Å². The molecule has 0 fully saturated rings. The molecule has 0 saturated heterocycles. The topological polar surface area (TPSA) is 129 Å². The van der Waals surface area contributed by atoms with Crippen LogP contribution in [0.1, 0.15) is 24.1 Å². The maximum atomic E-state index is 9.26. The lowest BCUT2D eigenvalue weighted by molar-refractivity contribution is 0.253. The Hall–Kier alpha value is -3.77. The highest BCUT2D eigenvalue weighted by Gasteiger charge is 2.12. The normalized spacial score (nSPS) is 11.3. The first-order valence-corrected chi connectivity index (χ1v) is 8.45. The number of nitrogens with zero attached hydrogens (tertiary/aromatic N) is 6. The first kappa shape index (κ1) is 19.0. The summed E-state index contributed by atoms with van der Waals surface area (Å²) in [5.41, 5.74) is 8.02. The van der Waals surface area contributed by atoms with Crippen molar-refractivity contribution in [2.45, 2.75) is 26.9 Å². The van der Waals surface area contributed by atoms with Crippen LogP contribution < -0.4 is 5.73 Å². The molecule has 9 heteroatoms. The van der Waals surface area contributed by atoms with Gasteiger partial charge in [-0.05, 0) is 39.0 Å². The van der Waals surface area contributed by atoms with E-state index in [4.69, 9.17) is 5.73 Å². The van der Waals surface area contributed by atoms with Gasteiger partial charge in [0.2, 0.25) is 11.9 Å². The zero-order chi connectivity index (χ0) is 20.1. The number of aromatic nitrogens is 6. The SMILES string of the molecule is Cc1ccno1.Cc1nc2ccc(C#CC(C)O)cc2n1-c1ncnc(N)n1. The van der Waals surface area contributed by atoms with Crippen molar-refractivity contribution in [2.24, 2.45) is 0 Å². The lowest BCUT2D eigenvalue weighted by atomic mass is 10.2. The molecule has 0 aliphatic heterocycles. The van der Waals surface area contributed by atoms with E-state index in [-0.39, 0.29) is 5.95 Å². The summed E-state index contributed by atoms with van der Waals surface area (Å²) in [6, 6.07) is 7.41. The fourth-order valence-corrected chi connectivity index (χ4v) is 2.40. The first-order chi connectivity index (χ1) is 13.4. The van der Waals surface area contributed by atoms with E-state index in [0.717, 1.165) is 28.2 Å². The second-order valence-corrected chi connectivity index (χ2v) is 5.91. The minimum atomic E-state index is -0.675. The number of anilines is 1. The Morgan fingerprint density at radius 1 is 1.18 bits per heavy atom. The van der Waals surface area contributed by atoms with E-state index in [9.17, 15) is 5.11 Å². The highest BCUT2D eigenvalue weighted by molar-refractivity contribution is 5.79. The summed E-state index contributed by atoms with van der Waals surface area (Å²) in [4.78, 5) is 16.6. The van der Waals surface area contributed by atoms with Crippen molar-refractivity contribution in [3.05, 3.63) is 53.9 Å². The monoisotopic (exact) mass is 377 g/mol. The summed E-state index contributed by atoms with van der Waals surface area (Å²) in [6.45, 7) is 5.33. The lowest BCUT2D eigenvalue weighted by Crippen LogP contribution is -2.06. The number of nitrogen functional groups attached to an aromatic ring is 1. The van der Waals surface area contributed by atoms with Gasteiger partial charge in [0, 0.05) is 11.6 Å². The summed E-state index contributed by atoms with van der Waals surface area (Å²) in [6.07, 6.45) is 2.31. The maximum absolute atomic E-state index is 9.26. The standard InChI is InChI=1S/C15H14N6O.C4H5NO/c1-9(22)3-4-11-5-6-12-13(7-11)21(10(2)19-12)15-18-8-17-14(16)20-15;1-4-2-3-5-6-4/h5-9,22H,1-2H3,(H2,16,17,18,20);2-3H,1H3. The quantitative estimate of drug-likeness (QED) is 0.481. The van der Waals surface area contributed by atoms with Crippen molar-refractivity contribution in [3.8, 4) is 17.8 Å². The second kappa shape index (κ2) is 8.28. The van der Waals surface area contributed by atoms with Gasteiger partial charge < -0.3 is 15.4 Å². The van der Waals surface area contributed by atoms with Gasteiger partial charge in [0.05, 0.1) is 17.2 Å². The number of fused-ring (bicyclic) bond motifs is 1. The minimum absolute atomic E-state index is 0.149. The van der Waals surface area contributed by atoms with E-state index in [1.807, 2.05) is 32.0 Å². The molecule has 3 N–H and O–H groups in total. The number of aliphatic hydroxyl groups is 1. The van der Waals surface area contributed by atoms with Crippen LogP contribution in [-0.4, -0.2) is 40.9 Å². The molecule has 4 aromatic rings. The largest absolute Gasteiger partial charge is 0.381 e. The maximum Gasteiger partial charge on any atom is 0.240 e. The average molecular weight is 377 g/mol. The molecular weight excluding hydrogens is 358 g/mol. The van der Waals surface area contributed by atoms with Crippen LogP contribution in [0.3, 0.4) is 0 Å². The van der Waals surface area contributed by atoms with Crippen LogP contribution in [-0.2, 0) is 0 Å². The summed E-state index contributed by atoms with van der Waals surface area (Å²) in [7, 11) is 0. The van der Waals surface area contributed by atoms with Crippen LogP contribution in [0.4, 0.5) is 5.95 Å². The number of benzene rings is 1. The van der Waals surface area contributed by atoms with Crippen molar-refractivity contribution < 1.29 is 9.63 Å². The van der Waals surface area contributed by atoms with Crippen LogP contribution in [0.25, 0.3) is 17.0 Å². The van der Waals surface area contributed by atoms with Gasteiger partial charge in [0.1, 0.15) is 24.0 Å². The molecule has 3 aromatic heterocycles. The molecule has 1 aromatic carbocycles. The number of imidazole rings is 1. The predicted molar refractivity (Wildman–Crippen MR) is 103 cm³/mol. The second-order valence-electron chi connectivity index (χ2n) is 5.91. The van der Waals surface area contributed by atoms with Crippen molar-refractivity contribution in [2.75, 3.05) is 5.73 Å². The average Bonchev–Trinajstić information content (AvgIpc) is 3.25. The zero-order valence-corrected chi connectivity index (χ0v) is 15.7. The van der Waals surface area contributed by atoms with E-state index in [1.54, 1.807) is 23.8 Å². The number of aliphatic hydroxyl groups excluding tert-OH is 1. The molecule has 1 atom stereocenters. The van der Waals surface area contributed by atoms with Gasteiger partial charge >= 0.3 is 0 Å². The number of hydrogen-bond donors (Lipinski definition) is 2. The molecule has 0 amide bonds. The molecule has 0 spiro atoms. The predicted octanol–water partition coefficient (Wildman–Crippen LogP) is 1.82. The van der Waals surface area contributed by atoms with E-state index < -0.39 is 6.10 Å². The summed E-state index contributed by atoms with van der Waals surface area (Å²) in [5.74, 6) is 7.79. The Kier molecular flexibility index (Phi) is 5.62. The molecule has 1 unspecified atom stereocenters. The summed E-state index contributed by atoms with van der Waals surface area (Å²) in [5, 5.41) is 12.7. The van der Waals surface area contributed by atoms with Gasteiger partial charge in [0.25, 0.3) is 0 Å². The highest BCUT2D eigenvalue weighted by atomic mass is 16.5. The first-order valence-electron chi connectivity index (χ1n) is 8.45. The molecule has 0 bridgehead atoms. The highest BCUT2D eigenvalue weighted by Crippen LogP contribution is 2.20.